The Morgan fingerprint density at radius 3 is 2.38 bits per heavy atom. The standard InChI is InChI=1S/C17H22ClN3O4S/c1-11(2)9-21(12(3)13-7-5-6-8-14(13)18)26(24,25)15-10-20(4)17(23)19-16(15)22/h5-8,10-12H,9H2,1-4H3,(H,19,22,23). The van der Waals surface area contributed by atoms with Gasteiger partial charge in [0.2, 0.25) is 0 Å². The quantitative estimate of drug-likeness (QED) is 0.805. The van der Waals surface area contributed by atoms with Crippen molar-refractivity contribution in [2.75, 3.05) is 6.54 Å². The van der Waals surface area contributed by atoms with E-state index in [2.05, 4.69) is 0 Å². The zero-order valence-corrected chi connectivity index (χ0v) is 16.6. The van der Waals surface area contributed by atoms with Crippen LogP contribution in [0, 0.1) is 5.92 Å². The van der Waals surface area contributed by atoms with Crippen molar-refractivity contribution in [1.82, 2.24) is 13.9 Å². The maximum Gasteiger partial charge on any atom is 0.328 e. The predicted molar refractivity (Wildman–Crippen MR) is 101 cm³/mol. The van der Waals surface area contributed by atoms with Gasteiger partial charge in [-0.05, 0) is 24.5 Å². The summed E-state index contributed by atoms with van der Waals surface area (Å²) >= 11 is 6.24. The number of H-pyrrole nitrogens is 1. The van der Waals surface area contributed by atoms with Gasteiger partial charge in [0.15, 0.2) is 4.90 Å². The number of aromatic amines is 1. The van der Waals surface area contributed by atoms with Crippen LogP contribution in [0.1, 0.15) is 32.4 Å². The smallest absolute Gasteiger partial charge is 0.302 e. The number of hydrogen-bond acceptors (Lipinski definition) is 4. The minimum Gasteiger partial charge on any atom is -0.302 e. The van der Waals surface area contributed by atoms with Crippen molar-refractivity contribution in [2.45, 2.75) is 31.7 Å². The minimum absolute atomic E-state index is 0.0151. The normalized spacial score (nSPS) is 13.3. The molecule has 1 aromatic heterocycles. The van der Waals surface area contributed by atoms with Gasteiger partial charge in [-0.1, -0.05) is 43.6 Å². The highest BCUT2D eigenvalue weighted by atomic mass is 35.5. The third kappa shape index (κ3) is 4.08. The van der Waals surface area contributed by atoms with Gasteiger partial charge in [-0.3, -0.25) is 9.78 Å². The Labute approximate surface area is 157 Å². The van der Waals surface area contributed by atoms with Crippen LogP contribution in [0.25, 0.3) is 0 Å². The Morgan fingerprint density at radius 1 is 1.19 bits per heavy atom. The molecular formula is C17H22ClN3O4S. The lowest BCUT2D eigenvalue weighted by molar-refractivity contribution is 0.308. The third-order valence-corrected chi connectivity index (χ3v) is 6.27. The number of nitrogens with zero attached hydrogens (tertiary/aromatic N) is 2. The summed E-state index contributed by atoms with van der Waals surface area (Å²) in [6, 6.07) is 6.38. The number of benzene rings is 1. The molecule has 1 heterocycles. The van der Waals surface area contributed by atoms with Crippen molar-refractivity contribution >= 4 is 21.6 Å². The van der Waals surface area contributed by atoms with E-state index in [0.717, 1.165) is 10.8 Å². The molecule has 0 saturated heterocycles. The first-order chi connectivity index (χ1) is 12.1. The average molecular weight is 400 g/mol. The first-order valence-electron chi connectivity index (χ1n) is 8.12. The van der Waals surface area contributed by atoms with Gasteiger partial charge in [0.25, 0.3) is 15.6 Å². The maximum absolute atomic E-state index is 13.2. The number of halogens is 1. The average Bonchev–Trinajstić information content (AvgIpc) is 2.55. The van der Waals surface area contributed by atoms with Gasteiger partial charge in [0.05, 0.1) is 0 Å². The van der Waals surface area contributed by atoms with E-state index in [1.54, 1.807) is 31.2 Å². The fourth-order valence-electron chi connectivity index (χ4n) is 2.64. The predicted octanol–water partition coefficient (Wildman–Crippen LogP) is 2.13. The summed E-state index contributed by atoms with van der Waals surface area (Å²) in [7, 11) is -2.78. The summed E-state index contributed by atoms with van der Waals surface area (Å²) in [4.78, 5) is 25.3. The molecule has 2 aromatic rings. The van der Waals surface area contributed by atoms with E-state index in [0.29, 0.717) is 10.6 Å². The van der Waals surface area contributed by atoms with Crippen LogP contribution < -0.4 is 11.2 Å². The second-order valence-electron chi connectivity index (χ2n) is 6.53. The molecule has 1 atom stereocenters. The van der Waals surface area contributed by atoms with Crippen LogP contribution in [-0.2, 0) is 17.1 Å². The summed E-state index contributed by atoms with van der Waals surface area (Å²) in [5.41, 5.74) is -0.976. The van der Waals surface area contributed by atoms with Crippen molar-refractivity contribution in [3.05, 3.63) is 61.9 Å². The van der Waals surface area contributed by atoms with E-state index in [4.69, 9.17) is 11.6 Å². The molecule has 26 heavy (non-hydrogen) atoms. The highest BCUT2D eigenvalue weighted by Crippen LogP contribution is 2.31. The van der Waals surface area contributed by atoms with Gasteiger partial charge in [-0.25, -0.2) is 13.2 Å². The maximum atomic E-state index is 13.2. The number of aryl methyl sites for hydroxylation is 1. The number of rotatable bonds is 6. The lowest BCUT2D eigenvalue weighted by Crippen LogP contribution is -2.41. The molecule has 0 aliphatic rings. The van der Waals surface area contributed by atoms with Crippen LogP contribution in [0.3, 0.4) is 0 Å². The Balaban J connectivity index is 2.63. The topological polar surface area (TPSA) is 92.2 Å². The van der Waals surface area contributed by atoms with E-state index in [9.17, 15) is 18.0 Å². The molecular weight excluding hydrogens is 378 g/mol. The molecule has 9 heteroatoms. The molecule has 7 nitrogen and oxygen atoms in total. The van der Waals surface area contributed by atoms with Gasteiger partial charge >= 0.3 is 5.69 Å². The SMILES string of the molecule is CC(C)CN(C(C)c1ccccc1Cl)S(=O)(=O)c1cn(C)c(=O)[nH]c1=O. The molecule has 0 aliphatic heterocycles. The van der Waals surface area contributed by atoms with Gasteiger partial charge in [-0.2, -0.15) is 4.31 Å². The Hall–Kier alpha value is -1.90. The summed E-state index contributed by atoms with van der Waals surface area (Å²) in [6.45, 7) is 5.67. The van der Waals surface area contributed by atoms with Gasteiger partial charge in [-0.15, -0.1) is 0 Å². The van der Waals surface area contributed by atoms with E-state index in [-0.39, 0.29) is 12.5 Å². The van der Waals surface area contributed by atoms with E-state index in [1.165, 1.54) is 11.4 Å². The monoisotopic (exact) mass is 399 g/mol. The molecule has 0 amide bonds. The molecule has 0 saturated carbocycles. The van der Waals surface area contributed by atoms with E-state index >= 15 is 0 Å². The fourth-order valence-corrected chi connectivity index (χ4v) is 4.79. The fraction of sp³-hybridized carbons (Fsp3) is 0.412. The molecule has 0 radical (unpaired) electrons. The molecule has 1 aromatic carbocycles. The van der Waals surface area contributed by atoms with Gasteiger partial charge in [0, 0.05) is 30.9 Å². The number of aromatic nitrogens is 2. The molecule has 0 spiro atoms. The lowest BCUT2D eigenvalue weighted by atomic mass is 10.1. The summed E-state index contributed by atoms with van der Waals surface area (Å²) in [5, 5.41) is 0.443. The highest BCUT2D eigenvalue weighted by Gasteiger charge is 2.33. The Kier molecular flexibility index (Phi) is 6.10. The molecule has 2 rings (SSSR count). The van der Waals surface area contributed by atoms with Crippen LogP contribution in [0.5, 0.6) is 0 Å². The van der Waals surface area contributed by atoms with Crippen molar-refractivity contribution in [3.8, 4) is 0 Å². The summed E-state index contributed by atoms with van der Waals surface area (Å²) < 4.78 is 28.7. The van der Waals surface area contributed by atoms with Crippen LogP contribution >= 0.6 is 11.6 Å². The van der Waals surface area contributed by atoms with Crippen molar-refractivity contribution < 1.29 is 8.42 Å². The van der Waals surface area contributed by atoms with Gasteiger partial charge < -0.3 is 4.57 Å². The molecule has 142 valence electrons. The highest BCUT2D eigenvalue weighted by molar-refractivity contribution is 7.89. The molecule has 0 bridgehead atoms. The summed E-state index contributed by atoms with van der Waals surface area (Å²) in [6.07, 6.45) is 1.04. The number of nitrogens with one attached hydrogen (secondary N) is 1. The van der Waals surface area contributed by atoms with Crippen LogP contribution in [0.4, 0.5) is 0 Å². The number of sulfonamides is 1. The number of hydrogen-bond donors (Lipinski definition) is 1. The van der Waals surface area contributed by atoms with Crippen molar-refractivity contribution in [1.29, 1.82) is 0 Å². The molecule has 0 fully saturated rings. The van der Waals surface area contributed by atoms with Crippen LogP contribution in [-0.4, -0.2) is 28.8 Å². The Morgan fingerprint density at radius 2 is 1.81 bits per heavy atom. The molecule has 0 aliphatic carbocycles. The lowest BCUT2D eigenvalue weighted by Gasteiger charge is -2.30. The first-order valence-corrected chi connectivity index (χ1v) is 9.93. The molecule has 1 N–H and O–H groups in total. The van der Waals surface area contributed by atoms with E-state index < -0.39 is 32.2 Å². The summed E-state index contributed by atoms with van der Waals surface area (Å²) in [5.74, 6) is 0.0151. The van der Waals surface area contributed by atoms with Gasteiger partial charge in [0.1, 0.15) is 0 Å². The van der Waals surface area contributed by atoms with Crippen LogP contribution in [0.15, 0.2) is 44.9 Å². The largest absolute Gasteiger partial charge is 0.328 e. The second-order valence-corrected chi connectivity index (χ2v) is 8.80. The minimum atomic E-state index is -4.16. The first kappa shape index (κ1) is 20.4. The zero-order chi connectivity index (χ0) is 19.6. The third-order valence-electron chi connectivity index (χ3n) is 3.99. The Bertz CT molecular complexity index is 1010. The van der Waals surface area contributed by atoms with Crippen LogP contribution in [0.2, 0.25) is 5.02 Å². The molecule has 1 unspecified atom stereocenters. The van der Waals surface area contributed by atoms with E-state index in [1.807, 2.05) is 18.8 Å². The van der Waals surface area contributed by atoms with Crippen molar-refractivity contribution in [2.24, 2.45) is 13.0 Å². The zero-order valence-electron chi connectivity index (χ0n) is 15.1. The van der Waals surface area contributed by atoms with Crippen molar-refractivity contribution in [3.63, 3.8) is 0 Å². The second kappa shape index (κ2) is 7.77.